The van der Waals surface area contributed by atoms with Crippen molar-refractivity contribution >= 4 is 19.4 Å². The van der Waals surface area contributed by atoms with Gasteiger partial charge in [-0.05, 0) is 5.92 Å². The fourth-order valence-corrected chi connectivity index (χ4v) is 2.36. The first kappa shape index (κ1) is 12.1. The van der Waals surface area contributed by atoms with Crippen LogP contribution in [0.3, 0.4) is 0 Å². The topological polar surface area (TPSA) is 30.7 Å². The Morgan fingerprint density at radius 3 is 2.71 bits per heavy atom. The predicted octanol–water partition coefficient (Wildman–Crippen LogP) is 2.77. The van der Waals surface area contributed by atoms with Gasteiger partial charge >= 0.3 is 0 Å². The van der Waals surface area contributed by atoms with Crippen molar-refractivity contribution in [2.75, 3.05) is 0 Å². The van der Waals surface area contributed by atoms with E-state index in [0.29, 0.717) is 0 Å². The van der Waals surface area contributed by atoms with Crippen molar-refractivity contribution in [3.8, 4) is 22.2 Å². The molecule has 17 heavy (non-hydrogen) atoms. The van der Waals surface area contributed by atoms with Crippen LogP contribution in [0, 0.1) is 11.5 Å². The zero-order valence-electron chi connectivity index (χ0n) is 10.5. The summed E-state index contributed by atoms with van der Waals surface area (Å²) in [5.74, 6) is 3.99. The summed E-state index contributed by atoms with van der Waals surface area (Å²) in [6.07, 6.45) is 3.77. The van der Waals surface area contributed by atoms with E-state index in [9.17, 15) is 0 Å². The standard InChI is InChI=1S/C12H15N3SSi/c1-15-9-10(12-13-6-7-16-12)14-11(15)5-8-17(2,3)4/h6-7,9H,1-4H3. The van der Waals surface area contributed by atoms with E-state index in [2.05, 4.69) is 41.1 Å². The largest absolute Gasteiger partial charge is 0.327 e. The Balaban J connectivity index is 2.34. The molecule has 0 N–H and O–H groups in total. The zero-order valence-corrected chi connectivity index (χ0v) is 12.3. The molecule has 0 fully saturated rings. The van der Waals surface area contributed by atoms with Gasteiger partial charge in [-0.1, -0.05) is 19.6 Å². The Bertz CT molecular complexity index is 567. The summed E-state index contributed by atoms with van der Waals surface area (Å²) in [5, 5.41) is 2.90. The molecule has 0 atom stereocenters. The van der Waals surface area contributed by atoms with E-state index in [4.69, 9.17) is 0 Å². The second-order valence-corrected chi connectivity index (χ2v) is 10.5. The molecule has 2 aromatic rings. The molecule has 0 saturated carbocycles. The van der Waals surface area contributed by atoms with Gasteiger partial charge in [-0.15, -0.1) is 16.9 Å². The first-order chi connectivity index (χ1) is 7.96. The lowest BCUT2D eigenvalue weighted by Crippen LogP contribution is -2.16. The van der Waals surface area contributed by atoms with Crippen LogP contribution in [0.15, 0.2) is 17.8 Å². The number of rotatable bonds is 1. The van der Waals surface area contributed by atoms with Crippen LogP contribution in [0.2, 0.25) is 19.6 Å². The molecule has 2 rings (SSSR count). The molecule has 0 aliphatic heterocycles. The normalized spacial score (nSPS) is 11.1. The number of hydrogen-bond donors (Lipinski definition) is 0. The highest BCUT2D eigenvalue weighted by Gasteiger charge is 2.10. The molecule has 0 aromatic carbocycles. The van der Waals surface area contributed by atoms with Gasteiger partial charge in [0, 0.05) is 24.8 Å². The van der Waals surface area contributed by atoms with E-state index >= 15 is 0 Å². The number of imidazole rings is 1. The van der Waals surface area contributed by atoms with Gasteiger partial charge in [0.05, 0.1) is 0 Å². The smallest absolute Gasteiger partial charge is 0.185 e. The number of nitrogens with zero attached hydrogens (tertiary/aromatic N) is 3. The van der Waals surface area contributed by atoms with E-state index in [-0.39, 0.29) is 0 Å². The van der Waals surface area contributed by atoms with Crippen molar-refractivity contribution < 1.29 is 0 Å². The molecule has 88 valence electrons. The highest BCUT2D eigenvalue weighted by molar-refractivity contribution is 7.13. The minimum Gasteiger partial charge on any atom is -0.327 e. The number of hydrogen-bond acceptors (Lipinski definition) is 3. The monoisotopic (exact) mass is 261 g/mol. The molecule has 3 nitrogen and oxygen atoms in total. The third kappa shape index (κ3) is 3.05. The molecule has 0 radical (unpaired) electrons. The molecule has 0 aliphatic rings. The van der Waals surface area contributed by atoms with Crippen molar-refractivity contribution in [1.82, 2.24) is 14.5 Å². The predicted molar refractivity (Wildman–Crippen MR) is 74.5 cm³/mol. The van der Waals surface area contributed by atoms with Crippen LogP contribution in [0.5, 0.6) is 0 Å². The van der Waals surface area contributed by atoms with Crippen LogP contribution in [-0.2, 0) is 7.05 Å². The summed E-state index contributed by atoms with van der Waals surface area (Å²) in [5.41, 5.74) is 4.23. The van der Waals surface area contributed by atoms with Gasteiger partial charge in [0.2, 0.25) is 0 Å². The van der Waals surface area contributed by atoms with Crippen LogP contribution in [0.25, 0.3) is 10.7 Å². The quantitative estimate of drug-likeness (QED) is 0.584. The van der Waals surface area contributed by atoms with Gasteiger partial charge in [0.15, 0.2) is 5.82 Å². The minimum atomic E-state index is -1.35. The van der Waals surface area contributed by atoms with Crippen LogP contribution in [0.1, 0.15) is 5.82 Å². The SMILES string of the molecule is Cn1cc(-c2nccs2)nc1C#C[Si](C)(C)C. The molecule has 0 bridgehead atoms. The second kappa shape index (κ2) is 4.47. The molecule has 5 heteroatoms. The van der Waals surface area contributed by atoms with Crippen LogP contribution >= 0.6 is 11.3 Å². The molecule has 0 saturated heterocycles. The Labute approximate surface area is 107 Å². The van der Waals surface area contributed by atoms with Crippen LogP contribution < -0.4 is 0 Å². The Morgan fingerprint density at radius 1 is 1.35 bits per heavy atom. The number of aryl methyl sites for hydroxylation is 1. The molecule has 0 aliphatic carbocycles. The fraction of sp³-hybridized carbons (Fsp3) is 0.333. The molecule has 0 amide bonds. The third-order valence-corrected chi connectivity index (χ3v) is 3.75. The maximum Gasteiger partial charge on any atom is 0.185 e. The van der Waals surface area contributed by atoms with Gasteiger partial charge in [-0.25, -0.2) is 9.97 Å². The van der Waals surface area contributed by atoms with Crippen molar-refractivity contribution in [2.24, 2.45) is 7.05 Å². The summed E-state index contributed by atoms with van der Waals surface area (Å²) in [4.78, 5) is 8.77. The highest BCUT2D eigenvalue weighted by Crippen LogP contribution is 2.20. The number of aromatic nitrogens is 3. The first-order valence-electron chi connectivity index (χ1n) is 5.42. The lowest BCUT2D eigenvalue weighted by atomic mass is 10.5. The molecule has 0 spiro atoms. The summed E-state index contributed by atoms with van der Waals surface area (Å²) >= 11 is 1.60. The van der Waals surface area contributed by atoms with Gasteiger partial charge in [-0.3, -0.25) is 0 Å². The van der Waals surface area contributed by atoms with Gasteiger partial charge in [0.1, 0.15) is 18.8 Å². The first-order valence-corrected chi connectivity index (χ1v) is 9.80. The maximum atomic E-state index is 4.51. The summed E-state index contributed by atoms with van der Waals surface area (Å²) in [7, 11) is 0.623. The summed E-state index contributed by atoms with van der Waals surface area (Å²) < 4.78 is 1.96. The minimum absolute atomic E-state index is 0.817. The van der Waals surface area contributed by atoms with Crippen molar-refractivity contribution in [3.05, 3.63) is 23.6 Å². The highest BCUT2D eigenvalue weighted by atomic mass is 32.1. The average molecular weight is 261 g/mol. The van der Waals surface area contributed by atoms with Gasteiger partial charge < -0.3 is 4.57 Å². The van der Waals surface area contributed by atoms with E-state index in [1.54, 1.807) is 17.5 Å². The number of thiazole rings is 1. The Morgan fingerprint density at radius 2 is 2.12 bits per heavy atom. The molecule has 0 unspecified atom stereocenters. The van der Waals surface area contributed by atoms with E-state index < -0.39 is 8.07 Å². The van der Waals surface area contributed by atoms with Crippen LogP contribution in [0.4, 0.5) is 0 Å². The summed E-state index contributed by atoms with van der Waals surface area (Å²) in [6, 6.07) is 0. The molecular formula is C12H15N3SSi. The van der Waals surface area contributed by atoms with E-state index in [1.807, 2.05) is 23.2 Å². The van der Waals surface area contributed by atoms with Crippen LogP contribution in [-0.4, -0.2) is 22.6 Å². The van der Waals surface area contributed by atoms with Crippen molar-refractivity contribution in [3.63, 3.8) is 0 Å². The van der Waals surface area contributed by atoms with E-state index in [0.717, 1.165) is 16.5 Å². The second-order valence-electron chi connectivity index (χ2n) is 4.90. The lowest BCUT2D eigenvalue weighted by Gasteiger charge is -2.02. The van der Waals surface area contributed by atoms with Crippen molar-refractivity contribution in [1.29, 1.82) is 0 Å². The maximum absolute atomic E-state index is 4.51. The molecule has 2 aromatic heterocycles. The zero-order chi connectivity index (χ0) is 12.5. The van der Waals surface area contributed by atoms with E-state index in [1.165, 1.54) is 0 Å². The Hall–Kier alpha value is -1.38. The van der Waals surface area contributed by atoms with Gasteiger partial charge in [-0.2, -0.15) is 0 Å². The summed E-state index contributed by atoms with van der Waals surface area (Å²) in [6.45, 7) is 6.68. The van der Waals surface area contributed by atoms with Crippen molar-refractivity contribution in [2.45, 2.75) is 19.6 Å². The Kier molecular flexibility index (Phi) is 3.18. The fourth-order valence-electron chi connectivity index (χ4n) is 1.28. The van der Waals surface area contributed by atoms with Gasteiger partial charge in [0.25, 0.3) is 0 Å². The third-order valence-electron chi connectivity index (χ3n) is 2.08. The lowest BCUT2D eigenvalue weighted by molar-refractivity contribution is 0.893. The molecule has 2 heterocycles. The molecular weight excluding hydrogens is 246 g/mol. The average Bonchev–Trinajstić information content (AvgIpc) is 2.82.